The largest absolute Gasteiger partial charge is 0.291 e. The molecular weight excluding hydrogens is 368 g/mol. The molecule has 0 aliphatic carbocycles. The van der Waals surface area contributed by atoms with Gasteiger partial charge in [0, 0.05) is 13.1 Å². The second-order valence-electron chi connectivity index (χ2n) is 6.66. The summed E-state index contributed by atoms with van der Waals surface area (Å²) < 4.78 is 45.3. The SMILES string of the molecule is Cc1ccc(S(=O)(=O)N=[S@@](=O)(c2ccc(C)cc2)N2CCCCC2)cc1. The van der Waals surface area contributed by atoms with Crippen LogP contribution < -0.4 is 0 Å². The first-order valence-electron chi connectivity index (χ1n) is 8.73. The van der Waals surface area contributed by atoms with Crippen molar-refractivity contribution in [1.82, 2.24) is 4.31 Å². The number of nitrogens with zero attached hydrogens (tertiary/aromatic N) is 2. The Morgan fingerprint density at radius 2 is 1.19 bits per heavy atom. The summed E-state index contributed by atoms with van der Waals surface area (Å²) in [5.74, 6) is 0. The van der Waals surface area contributed by atoms with Gasteiger partial charge >= 0.3 is 0 Å². The molecule has 2 aromatic rings. The Kier molecular flexibility index (Phi) is 5.50. The van der Waals surface area contributed by atoms with Crippen LogP contribution in [0.4, 0.5) is 0 Å². The molecule has 1 fully saturated rings. The van der Waals surface area contributed by atoms with Gasteiger partial charge in [0.05, 0.1) is 9.79 Å². The summed E-state index contributed by atoms with van der Waals surface area (Å²) in [6.07, 6.45) is 2.84. The van der Waals surface area contributed by atoms with Crippen LogP contribution in [0.3, 0.4) is 0 Å². The molecule has 0 bridgehead atoms. The Morgan fingerprint density at radius 1 is 0.731 bits per heavy atom. The molecule has 0 saturated carbocycles. The predicted octanol–water partition coefficient (Wildman–Crippen LogP) is 3.92. The second kappa shape index (κ2) is 7.50. The van der Waals surface area contributed by atoms with Gasteiger partial charge < -0.3 is 0 Å². The smallest absolute Gasteiger partial charge is 0.227 e. The summed E-state index contributed by atoms with van der Waals surface area (Å²) in [5.41, 5.74) is 1.98. The molecule has 26 heavy (non-hydrogen) atoms. The van der Waals surface area contributed by atoms with Crippen molar-refractivity contribution in [3.05, 3.63) is 59.7 Å². The van der Waals surface area contributed by atoms with Crippen molar-refractivity contribution in [2.45, 2.75) is 42.9 Å². The molecule has 7 heteroatoms. The lowest BCUT2D eigenvalue weighted by Gasteiger charge is -2.29. The molecule has 1 saturated heterocycles. The highest BCUT2D eigenvalue weighted by Gasteiger charge is 2.28. The third-order valence-corrected chi connectivity index (χ3v) is 8.92. The van der Waals surface area contributed by atoms with Gasteiger partial charge in [-0.2, -0.15) is 8.42 Å². The Labute approximate surface area is 156 Å². The minimum absolute atomic E-state index is 0.0694. The zero-order valence-corrected chi connectivity index (χ0v) is 16.7. The highest BCUT2D eigenvalue weighted by Crippen LogP contribution is 2.26. The van der Waals surface area contributed by atoms with Crippen LogP contribution >= 0.6 is 0 Å². The van der Waals surface area contributed by atoms with Crippen LogP contribution in [0.2, 0.25) is 0 Å². The molecule has 0 radical (unpaired) electrons. The topological polar surface area (TPSA) is 66.8 Å². The first kappa shape index (κ1) is 19.1. The second-order valence-corrected chi connectivity index (χ2v) is 10.7. The summed E-state index contributed by atoms with van der Waals surface area (Å²) in [6.45, 7) is 4.99. The van der Waals surface area contributed by atoms with Crippen molar-refractivity contribution in [1.29, 1.82) is 0 Å². The van der Waals surface area contributed by atoms with Crippen LogP contribution in [0.15, 0.2) is 62.1 Å². The van der Waals surface area contributed by atoms with Crippen LogP contribution in [0.5, 0.6) is 0 Å². The van der Waals surface area contributed by atoms with Crippen LogP contribution in [0.1, 0.15) is 30.4 Å². The fourth-order valence-electron chi connectivity index (χ4n) is 2.95. The predicted molar refractivity (Wildman–Crippen MR) is 104 cm³/mol. The van der Waals surface area contributed by atoms with E-state index in [1.807, 2.05) is 26.0 Å². The maximum Gasteiger partial charge on any atom is 0.291 e. The van der Waals surface area contributed by atoms with E-state index >= 15 is 0 Å². The Morgan fingerprint density at radius 3 is 1.69 bits per heavy atom. The van der Waals surface area contributed by atoms with Crippen LogP contribution in [0.25, 0.3) is 0 Å². The lowest BCUT2D eigenvalue weighted by Crippen LogP contribution is -2.36. The molecule has 2 aromatic carbocycles. The maximum absolute atomic E-state index is 13.9. The quantitative estimate of drug-likeness (QED) is 0.792. The van der Waals surface area contributed by atoms with Gasteiger partial charge in [0.1, 0.15) is 0 Å². The minimum atomic E-state index is -4.03. The minimum Gasteiger partial charge on any atom is -0.227 e. The van der Waals surface area contributed by atoms with Gasteiger partial charge in [0.2, 0.25) is 0 Å². The molecular formula is C19H24N2O3S2. The van der Waals surface area contributed by atoms with E-state index in [9.17, 15) is 12.6 Å². The van der Waals surface area contributed by atoms with Gasteiger partial charge in [0.15, 0.2) is 9.92 Å². The van der Waals surface area contributed by atoms with Crippen molar-refractivity contribution in [2.75, 3.05) is 13.1 Å². The van der Waals surface area contributed by atoms with Crippen molar-refractivity contribution in [3.63, 3.8) is 0 Å². The Bertz CT molecular complexity index is 982. The standard InChI is InChI=1S/C19H24N2O3S2/c1-16-6-10-18(11-7-16)25(22,21-14-4-3-5-15-21)20-26(23,24)19-12-8-17(2)9-13-19/h6-13H,3-5,14-15H2,1-2H3/t25-/m0/s1. The molecule has 0 amide bonds. The fourth-order valence-corrected chi connectivity index (χ4v) is 7.11. The van der Waals surface area contributed by atoms with Gasteiger partial charge in [-0.3, -0.25) is 0 Å². The number of benzene rings is 2. The third-order valence-electron chi connectivity index (χ3n) is 4.51. The van der Waals surface area contributed by atoms with Crippen LogP contribution in [-0.4, -0.2) is 30.0 Å². The lowest BCUT2D eigenvalue weighted by molar-refractivity contribution is 0.362. The van der Waals surface area contributed by atoms with Crippen molar-refractivity contribution in [2.24, 2.45) is 3.77 Å². The van der Waals surface area contributed by atoms with E-state index < -0.39 is 19.9 Å². The molecule has 0 aromatic heterocycles. The first-order valence-corrected chi connectivity index (χ1v) is 11.6. The van der Waals surface area contributed by atoms with Crippen molar-refractivity contribution < 1.29 is 12.6 Å². The van der Waals surface area contributed by atoms with E-state index in [-0.39, 0.29) is 4.90 Å². The van der Waals surface area contributed by atoms with E-state index in [1.54, 1.807) is 28.6 Å². The molecule has 0 N–H and O–H groups in total. The summed E-state index contributed by atoms with van der Waals surface area (Å²) in [7, 11) is -7.27. The highest BCUT2D eigenvalue weighted by atomic mass is 32.3. The third kappa shape index (κ3) is 4.00. The number of hydrogen-bond acceptors (Lipinski definition) is 3. The molecule has 1 aliphatic rings. The molecule has 1 aliphatic heterocycles. The molecule has 5 nitrogen and oxygen atoms in total. The number of rotatable bonds is 4. The molecule has 3 rings (SSSR count). The molecule has 1 heterocycles. The average molecular weight is 393 g/mol. The maximum atomic E-state index is 13.9. The van der Waals surface area contributed by atoms with E-state index in [1.165, 1.54) is 12.1 Å². The Balaban J connectivity index is 2.16. The van der Waals surface area contributed by atoms with Gasteiger partial charge in [-0.1, -0.05) is 45.6 Å². The van der Waals surface area contributed by atoms with Crippen LogP contribution in [0, 0.1) is 13.8 Å². The summed E-state index contributed by atoms with van der Waals surface area (Å²) >= 11 is 0. The average Bonchev–Trinajstić information content (AvgIpc) is 2.63. The summed E-state index contributed by atoms with van der Waals surface area (Å²) in [6, 6.07) is 13.6. The van der Waals surface area contributed by atoms with Gasteiger partial charge in [-0.05, 0) is 51.0 Å². The zero-order chi connectivity index (χ0) is 18.8. The monoisotopic (exact) mass is 392 g/mol. The number of aryl methyl sites for hydroxylation is 2. The van der Waals surface area contributed by atoms with Crippen molar-refractivity contribution >= 4 is 19.9 Å². The fraction of sp³-hybridized carbons (Fsp3) is 0.368. The molecule has 140 valence electrons. The van der Waals surface area contributed by atoms with Crippen LogP contribution in [-0.2, 0) is 19.9 Å². The molecule has 1 atom stereocenters. The van der Waals surface area contributed by atoms with Crippen molar-refractivity contribution in [3.8, 4) is 0 Å². The normalized spacial score (nSPS) is 18.2. The van der Waals surface area contributed by atoms with Gasteiger partial charge in [0.25, 0.3) is 10.0 Å². The number of hydrogen-bond donors (Lipinski definition) is 0. The van der Waals surface area contributed by atoms with E-state index in [2.05, 4.69) is 3.77 Å². The van der Waals surface area contributed by atoms with E-state index in [0.717, 1.165) is 30.4 Å². The van der Waals surface area contributed by atoms with E-state index in [4.69, 9.17) is 0 Å². The lowest BCUT2D eigenvalue weighted by atomic mass is 10.2. The summed E-state index contributed by atoms with van der Waals surface area (Å²) in [5, 5.41) is 0. The van der Waals surface area contributed by atoms with Gasteiger partial charge in [-0.15, -0.1) is 0 Å². The highest BCUT2D eigenvalue weighted by molar-refractivity contribution is 8.02. The van der Waals surface area contributed by atoms with E-state index in [0.29, 0.717) is 18.0 Å². The Hall–Kier alpha value is -1.70. The number of sulfonamides is 1. The first-order chi connectivity index (χ1) is 12.3. The summed E-state index contributed by atoms with van der Waals surface area (Å²) in [4.78, 5) is 0.514. The molecule has 0 spiro atoms. The van der Waals surface area contributed by atoms with Gasteiger partial charge in [-0.25, -0.2) is 8.51 Å². The molecule has 0 unspecified atom stereocenters. The zero-order valence-electron chi connectivity index (χ0n) is 15.1. The number of piperidine rings is 1.